The molecule has 0 radical (unpaired) electrons. The van der Waals surface area contributed by atoms with Gasteiger partial charge < -0.3 is 4.90 Å². The van der Waals surface area contributed by atoms with Crippen LogP contribution in [0.3, 0.4) is 0 Å². The van der Waals surface area contributed by atoms with Crippen LogP contribution in [-0.2, 0) is 6.42 Å². The second-order valence-electron chi connectivity index (χ2n) is 4.47. The Morgan fingerprint density at radius 2 is 1.56 bits per heavy atom. The van der Waals surface area contributed by atoms with E-state index in [4.69, 9.17) is 0 Å². The van der Waals surface area contributed by atoms with Gasteiger partial charge in [-0.2, -0.15) is 0 Å². The fourth-order valence-corrected chi connectivity index (χ4v) is 1.96. The van der Waals surface area contributed by atoms with Crippen LogP contribution in [0.2, 0.25) is 0 Å². The van der Waals surface area contributed by atoms with Gasteiger partial charge in [0.15, 0.2) is 0 Å². The zero-order valence-electron chi connectivity index (χ0n) is 11.0. The van der Waals surface area contributed by atoms with E-state index in [0.29, 0.717) is 0 Å². The Kier molecular flexibility index (Phi) is 6.17. The maximum atomic E-state index is 2.50. The van der Waals surface area contributed by atoms with E-state index in [1.54, 1.807) is 0 Å². The number of rotatable bonds is 7. The summed E-state index contributed by atoms with van der Waals surface area (Å²) in [6.45, 7) is 10.2. The number of hydrogen-bond acceptors (Lipinski definition) is 1. The molecular formula is C15H25N. The first-order valence-electron chi connectivity index (χ1n) is 6.54. The summed E-state index contributed by atoms with van der Waals surface area (Å²) in [5, 5.41) is 0. The summed E-state index contributed by atoms with van der Waals surface area (Å²) in [6, 6.07) is 8.93. The third-order valence-corrected chi connectivity index (χ3v) is 3.20. The molecule has 16 heavy (non-hydrogen) atoms. The van der Waals surface area contributed by atoms with Crippen molar-refractivity contribution in [2.75, 3.05) is 19.6 Å². The minimum absolute atomic E-state index is 1.18. The molecule has 0 amide bonds. The molecule has 0 aliphatic rings. The van der Waals surface area contributed by atoms with Gasteiger partial charge in [-0.3, -0.25) is 0 Å². The number of hydrogen-bond donors (Lipinski definition) is 0. The predicted molar refractivity (Wildman–Crippen MR) is 71.9 cm³/mol. The average molecular weight is 219 g/mol. The molecule has 0 saturated carbocycles. The molecule has 1 nitrogen and oxygen atoms in total. The van der Waals surface area contributed by atoms with E-state index in [2.05, 4.69) is 49.9 Å². The molecule has 0 unspecified atom stereocenters. The lowest BCUT2D eigenvalue weighted by Gasteiger charge is -2.17. The van der Waals surface area contributed by atoms with Gasteiger partial charge in [0.1, 0.15) is 0 Å². The van der Waals surface area contributed by atoms with Crippen LogP contribution >= 0.6 is 0 Å². The van der Waals surface area contributed by atoms with Crippen molar-refractivity contribution in [3.05, 3.63) is 35.4 Å². The number of unbranched alkanes of at least 4 members (excludes halogenated alkanes) is 1. The van der Waals surface area contributed by atoms with Gasteiger partial charge in [-0.05, 0) is 51.4 Å². The van der Waals surface area contributed by atoms with Crippen LogP contribution in [0.1, 0.15) is 37.8 Å². The molecule has 0 N–H and O–H groups in total. The number of nitrogens with zero attached hydrogens (tertiary/aromatic N) is 1. The van der Waals surface area contributed by atoms with E-state index in [0.717, 1.165) is 0 Å². The molecule has 0 fully saturated rings. The van der Waals surface area contributed by atoms with Gasteiger partial charge in [0, 0.05) is 0 Å². The van der Waals surface area contributed by atoms with Crippen LogP contribution in [-0.4, -0.2) is 24.5 Å². The first-order chi connectivity index (χ1) is 7.76. The normalized spacial score (nSPS) is 11.0. The minimum Gasteiger partial charge on any atom is -0.304 e. The number of benzene rings is 1. The lowest BCUT2D eigenvalue weighted by Crippen LogP contribution is -2.23. The molecule has 1 rings (SSSR count). The van der Waals surface area contributed by atoms with Crippen molar-refractivity contribution in [1.82, 2.24) is 4.90 Å². The first-order valence-corrected chi connectivity index (χ1v) is 6.54. The Hall–Kier alpha value is -0.820. The van der Waals surface area contributed by atoms with Crippen molar-refractivity contribution < 1.29 is 0 Å². The molecular weight excluding hydrogens is 194 g/mol. The Labute approximate surface area is 100 Å². The quantitative estimate of drug-likeness (QED) is 0.633. The van der Waals surface area contributed by atoms with Crippen LogP contribution in [0.5, 0.6) is 0 Å². The van der Waals surface area contributed by atoms with Gasteiger partial charge in [0.2, 0.25) is 0 Å². The van der Waals surface area contributed by atoms with Crippen molar-refractivity contribution in [3.63, 3.8) is 0 Å². The minimum atomic E-state index is 1.18. The smallest absolute Gasteiger partial charge is 0.00189 e. The second kappa shape index (κ2) is 7.45. The molecule has 0 aromatic heterocycles. The molecule has 1 aromatic carbocycles. The molecule has 0 heterocycles. The zero-order chi connectivity index (χ0) is 11.8. The van der Waals surface area contributed by atoms with E-state index in [9.17, 15) is 0 Å². The van der Waals surface area contributed by atoms with Gasteiger partial charge in [-0.1, -0.05) is 43.7 Å². The summed E-state index contributed by atoms with van der Waals surface area (Å²) in [4.78, 5) is 2.50. The van der Waals surface area contributed by atoms with Gasteiger partial charge in [0.05, 0.1) is 0 Å². The van der Waals surface area contributed by atoms with Gasteiger partial charge in [-0.25, -0.2) is 0 Å². The van der Waals surface area contributed by atoms with Gasteiger partial charge in [0.25, 0.3) is 0 Å². The van der Waals surface area contributed by atoms with Gasteiger partial charge in [-0.15, -0.1) is 0 Å². The largest absolute Gasteiger partial charge is 0.304 e. The van der Waals surface area contributed by atoms with E-state index in [1.165, 1.54) is 50.0 Å². The monoisotopic (exact) mass is 219 g/mol. The van der Waals surface area contributed by atoms with Gasteiger partial charge >= 0.3 is 0 Å². The highest BCUT2D eigenvalue weighted by molar-refractivity contribution is 5.21. The fourth-order valence-electron chi connectivity index (χ4n) is 1.96. The zero-order valence-corrected chi connectivity index (χ0v) is 11.0. The molecule has 0 spiro atoms. The summed E-state index contributed by atoms with van der Waals surface area (Å²) >= 11 is 0. The summed E-state index contributed by atoms with van der Waals surface area (Å²) < 4.78 is 0. The predicted octanol–water partition coefficient (Wildman–Crippen LogP) is 3.66. The van der Waals surface area contributed by atoms with E-state index in [1.807, 2.05) is 0 Å². The van der Waals surface area contributed by atoms with Crippen molar-refractivity contribution >= 4 is 0 Å². The SMILES string of the molecule is CCN(CC)CCCCc1ccc(C)cc1. The fraction of sp³-hybridized carbons (Fsp3) is 0.600. The third-order valence-electron chi connectivity index (χ3n) is 3.20. The molecule has 0 aliphatic carbocycles. The standard InChI is InChI=1S/C15H25N/c1-4-16(5-2)13-7-6-8-15-11-9-14(3)10-12-15/h9-12H,4-8,13H2,1-3H3. The highest BCUT2D eigenvalue weighted by atomic mass is 15.1. The van der Waals surface area contributed by atoms with Crippen LogP contribution in [0, 0.1) is 6.92 Å². The molecule has 0 atom stereocenters. The van der Waals surface area contributed by atoms with Crippen molar-refractivity contribution in [2.24, 2.45) is 0 Å². The molecule has 0 aliphatic heterocycles. The molecule has 0 saturated heterocycles. The topological polar surface area (TPSA) is 3.24 Å². The Balaban J connectivity index is 2.18. The molecule has 0 bridgehead atoms. The molecule has 1 heteroatoms. The summed E-state index contributed by atoms with van der Waals surface area (Å²) in [6.07, 6.45) is 3.84. The average Bonchev–Trinajstić information content (AvgIpc) is 2.32. The molecule has 1 aromatic rings. The maximum absolute atomic E-state index is 2.50. The van der Waals surface area contributed by atoms with Crippen LogP contribution in [0.4, 0.5) is 0 Å². The summed E-state index contributed by atoms with van der Waals surface area (Å²) in [5.74, 6) is 0. The Bertz CT molecular complexity index is 272. The van der Waals surface area contributed by atoms with E-state index in [-0.39, 0.29) is 0 Å². The Morgan fingerprint density at radius 1 is 0.938 bits per heavy atom. The third kappa shape index (κ3) is 4.80. The maximum Gasteiger partial charge on any atom is -0.00189 e. The lowest BCUT2D eigenvalue weighted by molar-refractivity contribution is 0.297. The number of aryl methyl sites for hydroxylation is 2. The van der Waals surface area contributed by atoms with Crippen molar-refractivity contribution in [3.8, 4) is 0 Å². The van der Waals surface area contributed by atoms with E-state index >= 15 is 0 Å². The lowest BCUT2D eigenvalue weighted by atomic mass is 10.1. The highest BCUT2D eigenvalue weighted by Crippen LogP contribution is 2.07. The molecule has 90 valence electrons. The van der Waals surface area contributed by atoms with Crippen LogP contribution < -0.4 is 0 Å². The Morgan fingerprint density at radius 3 is 2.12 bits per heavy atom. The van der Waals surface area contributed by atoms with E-state index < -0.39 is 0 Å². The highest BCUT2D eigenvalue weighted by Gasteiger charge is 1.98. The summed E-state index contributed by atoms with van der Waals surface area (Å²) in [5.41, 5.74) is 2.83. The second-order valence-corrected chi connectivity index (χ2v) is 4.47. The van der Waals surface area contributed by atoms with Crippen molar-refractivity contribution in [1.29, 1.82) is 0 Å². The van der Waals surface area contributed by atoms with Crippen molar-refractivity contribution in [2.45, 2.75) is 40.0 Å². The van der Waals surface area contributed by atoms with Crippen LogP contribution in [0.15, 0.2) is 24.3 Å². The van der Waals surface area contributed by atoms with Crippen LogP contribution in [0.25, 0.3) is 0 Å². The first kappa shape index (κ1) is 13.2. The summed E-state index contributed by atoms with van der Waals surface area (Å²) in [7, 11) is 0.